The van der Waals surface area contributed by atoms with Crippen LogP contribution in [-0.4, -0.2) is 18.0 Å². The molecule has 1 aliphatic rings. The van der Waals surface area contributed by atoms with Crippen LogP contribution >= 0.6 is 15.9 Å². The maximum atomic E-state index is 5.85. The highest BCUT2D eigenvalue weighted by Gasteiger charge is 2.22. The predicted octanol–water partition coefficient (Wildman–Crippen LogP) is 5.22. The number of rotatable bonds is 7. The molecule has 0 radical (unpaired) electrons. The summed E-state index contributed by atoms with van der Waals surface area (Å²) in [5.41, 5.74) is 8.63. The maximum Gasteiger partial charge on any atom is 0.0237 e. The molecule has 0 heterocycles. The van der Waals surface area contributed by atoms with Crippen molar-refractivity contribution in [2.75, 3.05) is 13.1 Å². The molecule has 3 rings (SSSR count). The summed E-state index contributed by atoms with van der Waals surface area (Å²) in [6.07, 6.45) is 5.26. The van der Waals surface area contributed by atoms with Crippen LogP contribution in [0.15, 0.2) is 59.1 Å². The molecule has 0 aromatic heterocycles. The van der Waals surface area contributed by atoms with Gasteiger partial charge in [-0.15, -0.1) is 0 Å². The van der Waals surface area contributed by atoms with E-state index in [1.165, 1.54) is 43.4 Å². The molecule has 0 spiro atoms. The Bertz CT molecular complexity index is 635. The SMILES string of the molecule is NCC1CCC(CN(Cc2ccccc2)Cc2cccc(Br)c2)CC1. The van der Waals surface area contributed by atoms with Crippen LogP contribution < -0.4 is 5.73 Å². The van der Waals surface area contributed by atoms with Crippen LogP contribution in [0.5, 0.6) is 0 Å². The number of halogens is 1. The van der Waals surface area contributed by atoms with Crippen LogP contribution in [0.3, 0.4) is 0 Å². The van der Waals surface area contributed by atoms with Crippen LogP contribution in [-0.2, 0) is 13.1 Å². The number of hydrogen-bond acceptors (Lipinski definition) is 2. The minimum Gasteiger partial charge on any atom is -0.330 e. The van der Waals surface area contributed by atoms with Crippen LogP contribution in [0.4, 0.5) is 0 Å². The Kier molecular flexibility index (Phi) is 7.09. The van der Waals surface area contributed by atoms with Crippen LogP contribution in [0.25, 0.3) is 0 Å². The summed E-state index contributed by atoms with van der Waals surface area (Å²) in [7, 11) is 0. The van der Waals surface area contributed by atoms with Crippen molar-refractivity contribution in [3.63, 3.8) is 0 Å². The summed E-state index contributed by atoms with van der Waals surface area (Å²) < 4.78 is 1.16. The Balaban J connectivity index is 1.65. The number of nitrogens with two attached hydrogens (primary N) is 1. The van der Waals surface area contributed by atoms with E-state index in [2.05, 4.69) is 75.4 Å². The Hall–Kier alpha value is -1.16. The zero-order valence-electron chi connectivity index (χ0n) is 14.9. The van der Waals surface area contributed by atoms with Gasteiger partial charge in [0.25, 0.3) is 0 Å². The molecule has 0 unspecified atom stereocenters. The van der Waals surface area contributed by atoms with Gasteiger partial charge in [0.2, 0.25) is 0 Å². The summed E-state index contributed by atoms with van der Waals surface area (Å²) in [5.74, 6) is 1.56. The molecule has 1 aliphatic carbocycles. The molecule has 1 saturated carbocycles. The van der Waals surface area contributed by atoms with Gasteiger partial charge >= 0.3 is 0 Å². The number of benzene rings is 2. The minimum atomic E-state index is 0.754. The summed E-state index contributed by atoms with van der Waals surface area (Å²) in [6, 6.07) is 19.5. The largest absolute Gasteiger partial charge is 0.330 e. The normalized spacial score (nSPS) is 20.8. The van der Waals surface area contributed by atoms with Crippen LogP contribution in [0.2, 0.25) is 0 Å². The maximum absolute atomic E-state index is 5.85. The van der Waals surface area contributed by atoms with Gasteiger partial charge in [-0.1, -0.05) is 58.4 Å². The molecule has 0 saturated heterocycles. The molecule has 1 fully saturated rings. The molecule has 0 atom stereocenters. The summed E-state index contributed by atoms with van der Waals surface area (Å²) in [5, 5.41) is 0. The van der Waals surface area contributed by atoms with E-state index in [0.717, 1.165) is 35.9 Å². The monoisotopic (exact) mass is 400 g/mol. The fourth-order valence-electron chi connectivity index (χ4n) is 3.94. The van der Waals surface area contributed by atoms with E-state index < -0.39 is 0 Å². The van der Waals surface area contributed by atoms with Crippen LogP contribution in [0, 0.1) is 11.8 Å². The first kappa shape index (κ1) is 18.6. The highest BCUT2D eigenvalue weighted by atomic mass is 79.9. The average molecular weight is 401 g/mol. The first-order valence-corrected chi connectivity index (χ1v) is 10.2. The topological polar surface area (TPSA) is 29.3 Å². The quantitative estimate of drug-likeness (QED) is 0.690. The van der Waals surface area contributed by atoms with Crippen molar-refractivity contribution >= 4 is 15.9 Å². The van der Waals surface area contributed by atoms with Gasteiger partial charge in [0.05, 0.1) is 0 Å². The van der Waals surface area contributed by atoms with Gasteiger partial charge in [0.15, 0.2) is 0 Å². The van der Waals surface area contributed by atoms with E-state index in [1.54, 1.807) is 0 Å². The first-order chi connectivity index (χ1) is 12.2. The lowest BCUT2D eigenvalue weighted by molar-refractivity contribution is 0.170. The predicted molar refractivity (Wildman–Crippen MR) is 109 cm³/mol. The minimum absolute atomic E-state index is 0.754. The van der Waals surface area contributed by atoms with Crippen LogP contribution in [0.1, 0.15) is 36.8 Å². The molecule has 2 N–H and O–H groups in total. The van der Waals surface area contributed by atoms with Gasteiger partial charge < -0.3 is 5.73 Å². The summed E-state index contributed by atoms with van der Waals surface area (Å²) in [4.78, 5) is 2.62. The second kappa shape index (κ2) is 9.51. The number of nitrogens with zero attached hydrogens (tertiary/aromatic N) is 1. The average Bonchev–Trinajstić information content (AvgIpc) is 2.63. The van der Waals surface area contributed by atoms with E-state index in [9.17, 15) is 0 Å². The lowest BCUT2D eigenvalue weighted by Crippen LogP contribution is -2.32. The van der Waals surface area contributed by atoms with Crippen molar-refractivity contribution in [3.8, 4) is 0 Å². The molecule has 2 aromatic rings. The van der Waals surface area contributed by atoms with Crippen molar-refractivity contribution < 1.29 is 0 Å². The van der Waals surface area contributed by atoms with Crippen molar-refractivity contribution in [1.82, 2.24) is 4.90 Å². The van der Waals surface area contributed by atoms with Crippen molar-refractivity contribution in [2.24, 2.45) is 17.6 Å². The van der Waals surface area contributed by atoms with Crippen molar-refractivity contribution in [3.05, 3.63) is 70.2 Å². The second-order valence-corrected chi connectivity index (χ2v) is 8.32. The zero-order valence-corrected chi connectivity index (χ0v) is 16.5. The third kappa shape index (κ3) is 5.95. The third-order valence-electron chi connectivity index (χ3n) is 5.36. The lowest BCUT2D eigenvalue weighted by Gasteiger charge is -2.32. The third-order valence-corrected chi connectivity index (χ3v) is 5.85. The van der Waals surface area contributed by atoms with Gasteiger partial charge in [0.1, 0.15) is 0 Å². The van der Waals surface area contributed by atoms with Gasteiger partial charge in [-0.2, -0.15) is 0 Å². The van der Waals surface area contributed by atoms with E-state index >= 15 is 0 Å². The molecule has 25 heavy (non-hydrogen) atoms. The molecule has 2 nitrogen and oxygen atoms in total. The fraction of sp³-hybridized carbons (Fsp3) is 0.455. The van der Waals surface area contributed by atoms with E-state index in [0.29, 0.717) is 0 Å². The summed E-state index contributed by atoms with van der Waals surface area (Å²) in [6.45, 7) is 4.06. The van der Waals surface area contributed by atoms with Gasteiger partial charge in [-0.05, 0) is 67.3 Å². The smallest absolute Gasteiger partial charge is 0.0237 e. The molecule has 3 heteroatoms. The van der Waals surface area contributed by atoms with Crippen molar-refractivity contribution in [2.45, 2.75) is 38.8 Å². The molecule has 134 valence electrons. The number of hydrogen-bond donors (Lipinski definition) is 1. The highest BCUT2D eigenvalue weighted by molar-refractivity contribution is 9.10. The highest BCUT2D eigenvalue weighted by Crippen LogP contribution is 2.29. The van der Waals surface area contributed by atoms with E-state index in [-0.39, 0.29) is 0 Å². The molecule has 0 amide bonds. The van der Waals surface area contributed by atoms with E-state index in [1.807, 2.05) is 0 Å². The second-order valence-electron chi connectivity index (χ2n) is 7.41. The van der Waals surface area contributed by atoms with Gasteiger partial charge in [0, 0.05) is 24.1 Å². The first-order valence-electron chi connectivity index (χ1n) is 9.43. The Morgan fingerprint density at radius 2 is 1.48 bits per heavy atom. The molecular weight excluding hydrogens is 372 g/mol. The Labute approximate surface area is 160 Å². The molecular formula is C22H29BrN2. The summed E-state index contributed by atoms with van der Waals surface area (Å²) >= 11 is 3.60. The van der Waals surface area contributed by atoms with E-state index in [4.69, 9.17) is 5.73 Å². The molecule has 0 bridgehead atoms. The zero-order chi connectivity index (χ0) is 17.5. The standard InChI is InChI=1S/C22H29BrN2/c23-22-8-4-7-21(13-22)17-25(15-19-5-2-1-3-6-19)16-20-11-9-18(14-24)10-12-20/h1-8,13,18,20H,9-12,14-17,24H2. The van der Waals surface area contributed by atoms with Gasteiger partial charge in [-0.25, -0.2) is 0 Å². The Morgan fingerprint density at radius 1 is 0.840 bits per heavy atom. The Morgan fingerprint density at radius 3 is 2.16 bits per heavy atom. The molecule has 0 aliphatic heterocycles. The van der Waals surface area contributed by atoms with Gasteiger partial charge in [-0.3, -0.25) is 4.90 Å². The fourth-order valence-corrected chi connectivity index (χ4v) is 4.38. The lowest BCUT2D eigenvalue weighted by atomic mass is 9.82. The van der Waals surface area contributed by atoms with Crippen molar-refractivity contribution in [1.29, 1.82) is 0 Å². The molecule has 2 aromatic carbocycles.